The monoisotopic (exact) mass is 305 g/mol. The van der Waals surface area contributed by atoms with Crippen molar-refractivity contribution in [2.45, 2.75) is 43.8 Å². The smallest absolute Gasteiger partial charge is 0.192 e. The van der Waals surface area contributed by atoms with E-state index in [1.807, 2.05) is 0 Å². The lowest BCUT2D eigenvalue weighted by molar-refractivity contribution is 0.263. The van der Waals surface area contributed by atoms with E-state index in [1.165, 1.54) is 24.0 Å². The molecule has 0 aliphatic carbocycles. The molecule has 0 unspecified atom stereocenters. The maximum Gasteiger partial charge on any atom is 0.192 e. The lowest BCUT2D eigenvalue weighted by Crippen LogP contribution is -2.49. The largest absolute Gasteiger partial charge is 0.370 e. The average Bonchev–Trinajstić information content (AvgIpc) is 3.00. The fourth-order valence-electron chi connectivity index (χ4n) is 4.08. The van der Waals surface area contributed by atoms with E-state index in [9.17, 15) is 0 Å². The fraction of sp³-hybridized carbons (Fsp3) is 0.350. The number of nitrogens with zero attached hydrogens (tertiary/aromatic N) is 2. The van der Waals surface area contributed by atoms with E-state index in [0.29, 0.717) is 12.1 Å². The van der Waals surface area contributed by atoms with Gasteiger partial charge in [0.1, 0.15) is 0 Å². The molecule has 3 nitrogen and oxygen atoms in total. The third kappa shape index (κ3) is 2.83. The number of benzene rings is 2. The summed E-state index contributed by atoms with van der Waals surface area (Å²) in [6.07, 6.45) is 4.56. The highest BCUT2D eigenvalue weighted by molar-refractivity contribution is 5.80. The van der Waals surface area contributed by atoms with Crippen molar-refractivity contribution in [1.29, 1.82) is 0 Å². The van der Waals surface area contributed by atoms with Crippen LogP contribution in [0.4, 0.5) is 0 Å². The molecular weight excluding hydrogens is 282 g/mol. The second-order valence-electron chi connectivity index (χ2n) is 6.63. The summed E-state index contributed by atoms with van der Waals surface area (Å²) in [5.41, 5.74) is 9.03. The second kappa shape index (κ2) is 6.07. The van der Waals surface area contributed by atoms with Crippen LogP contribution in [0.3, 0.4) is 0 Å². The van der Waals surface area contributed by atoms with Crippen LogP contribution in [-0.4, -0.2) is 22.9 Å². The summed E-state index contributed by atoms with van der Waals surface area (Å²) >= 11 is 0. The molecule has 0 radical (unpaired) electrons. The topological polar surface area (TPSA) is 41.6 Å². The zero-order chi connectivity index (χ0) is 15.6. The van der Waals surface area contributed by atoms with Gasteiger partial charge in [0.05, 0.1) is 6.04 Å². The number of nitrogens with two attached hydrogens (primary N) is 1. The third-order valence-electron chi connectivity index (χ3n) is 5.17. The van der Waals surface area contributed by atoms with Crippen molar-refractivity contribution in [3.8, 4) is 0 Å². The predicted molar refractivity (Wildman–Crippen MR) is 94.2 cm³/mol. The van der Waals surface area contributed by atoms with E-state index in [1.54, 1.807) is 0 Å². The fourth-order valence-corrected chi connectivity index (χ4v) is 4.08. The van der Waals surface area contributed by atoms with Crippen molar-refractivity contribution in [3.05, 3.63) is 71.8 Å². The van der Waals surface area contributed by atoms with Gasteiger partial charge in [-0.2, -0.15) is 0 Å². The molecule has 23 heavy (non-hydrogen) atoms. The van der Waals surface area contributed by atoms with E-state index in [-0.39, 0.29) is 6.04 Å². The first kappa shape index (κ1) is 14.3. The van der Waals surface area contributed by atoms with Crippen LogP contribution in [0.1, 0.15) is 36.4 Å². The van der Waals surface area contributed by atoms with Gasteiger partial charge in [-0.25, -0.2) is 4.99 Å². The molecule has 0 amide bonds. The Morgan fingerprint density at radius 1 is 0.957 bits per heavy atom. The quantitative estimate of drug-likeness (QED) is 0.942. The van der Waals surface area contributed by atoms with Crippen LogP contribution in [0, 0.1) is 0 Å². The molecule has 2 heterocycles. The van der Waals surface area contributed by atoms with Gasteiger partial charge in [0, 0.05) is 12.1 Å². The number of rotatable bonds is 3. The van der Waals surface area contributed by atoms with Gasteiger partial charge in [0.15, 0.2) is 5.96 Å². The Morgan fingerprint density at radius 3 is 2.39 bits per heavy atom. The highest BCUT2D eigenvalue weighted by Gasteiger charge is 2.39. The molecular formula is C20H23N3. The summed E-state index contributed by atoms with van der Waals surface area (Å²) in [5.74, 6) is 0.730. The first-order chi connectivity index (χ1) is 11.3. The molecule has 2 aromatic rings. The van der Waals surface area contributed by atoms with Crippen LogP contribution in [0.5, 0.6) is 0 Å². The van der Waals surface area contributed by atoms with Gasteiger partial charge in [-0.3, -0.25) is 0 Å². The molecule has 1 saturated heterocycles. The molecule has 0 saturated carbocycles. The molecule has 4 rings (SSSR count). The van der Waals surface area contributed by atoms with Crippen LogP contribution < -0.4 is 5.73 Å². The van der Waals surface area contributed by atoms with E-state index >= 15 is 0 Å². The number of hydrogen-bond acceptors (Lipinski definition) is 3. The van der Waals surface area contributed by atoms with Gasteiger partial charge in [0.2, 0.25) is 0 Å². The lowest BCUT2D eigenvalue weighted by atomic mass is 9.97. The molecule has 2 aliphatic rings. The van der Waals surface area contributed by atoms with Crippen molar-refractivity contribution < 1.29 is 0 Å². The minimum absolute atomic E-state index is 0.216. The van der Waals surface area contributed by atoms with Gasteiger partial charge < -0.3 is 10.6 Å². The Labute approximate surface area is 137 Å². The number of hydrogen-bond donors (Lipinski definition) is 1. The van der Waals surface area contributed by atoms with E-state index in [4.69, 9.17) is 10.7 Å². The van der Waals surface area contributed by atoms with Crippen LogP contribution in [0.15, 0.2) is 65.7 Å². The standard InChI is InChI=1S/C20H23N3/c21-20-22-19(16-9-5-2-6-10-16)14-18-12-11-17(23(18)20)13-15-7-3-1-4-8-15/h1-10,17-19H,11-14H2,(H2,21,22)/t17-,18-,19-/m1/s1. The van der Waals surface area contributed by atoms with E-state index < -0.39 is 0 Å². The predicted octanol–water partition coefficient (Wildman–Crippen LogP) is 3.52. The zero-order valence-electron chi connectivity index (χ0n) is 13.3. The minimum Gasteiger partial charge on any atom is -0.370 e. The van der Waals surface area contributed by atoms with Crippen molar-refractivity contribution in [2.24, 2.45) is 10.7 Å². The van der Waals surface area contributed by atoms with Crippen molar-refractivity contribution in [1.82, 2.24) is 4.90 Å². The second-order valence-corrected chi connectivity index (χ2v) is 6.63. The zero-order valence-corrected chi connectivity index (χ0v) is 13.3. The first-order valence-electron chi connectivity index (χ1n) is 8.52. The molecule has 0 spiro atoms. The summed E-state index contributed by atoms with van der Waals surface area (Å²) in [6.45, 7) is 0. The van der Waals surface area contributed by atoms with Gasteiger partial charge in [-0.05, 0) is 36.8 Å². The number of guanidine groups is 1. The van der Waals surface area contributed by atoms with E-state index in [2.05, 4.69) is 65.6 Å². The van der Waals surface area contributed by atoms with E-state index in [0.717, 1.165) is 18.8 Å². The van der Waals surface area contributed by atoms with Crippen molar-refractivity contribution in [2.75, 3.05) is 0 Å². The summed E-state index contributed by atoms with van der Waals surface area (Å²) in [7, 11) is 0. The van der Waals surface area contributed by atoms with Crippen molar-refractivity contribution >= 4 is 5.96 Å². The van der Waals surface area contributed by atoms with Gasteiger partial charge in [-0.1, -0.05) is 60.7 Å². The number of aliphatic imine (C=N–C) groups is 1. The van der Waals surface area contributed by atoms with Gasteiger partial charge >= 0.3 is 0 Å². The Balaban J connectivity index is 1.54. The van der Waals surface area contributed by atoms with Crippen LogP contribution >= 0.6 is 0 Å². The Morgan fingerprint density at radius 2 is 1.65 bits per heavy atom. The SMILES string of the molecule is NC1=N[C@@H](c2ccccc2)C[C@H]2CC[C@H](Cc3ccccc3)N12. The summed E-state index contributed by atoms with van der Waals surface area (Å²) < 4.78 is 0. The molecule has 2 N–H and O–H groups in total. The minimum atomic E-state index is 0.216. The normalized spacial score (nSPS) is 26.7. The Kier molecular flexibility index (Phi) is 3.78. The first-order valence-corrected chi connectivity index (χ1v) is 8.52. The van der Waals surface area contributed by atoms with Crippen LogP contribution in [-0.2, 0) is 6.42 Å². The average molecular weight is 305 g/mol. The Bertz CT molecular complexity index is 681. The number of fused-ring (bicyclic) bond motifs is 1. The Hall–Kier alpha value is -2.29. The summed E-state index contributed by atoms with van der Waals surface area (Å²) in [6, 6.07) is 22.5. The molecule has 1 fully saturated rings. The maximum absolute atomic E-state index is 6.37. The summed E-state index contributed by atoms with van der Waals surface area (Å²) in [5, 5.41) is 0. The highest BCUT2D eigenvalue weighted by atomic mass is 15.3. The molecule has 0 bridgehead atoms. The lowest BCUT2D eigenvalue weighted by Gasteiger charge is -2.37. The molecule has 3 heteroatoms. The van der Waals surface area contributed by atoms with Crippen LogP contribution in [0.25, 0.3) is 0 Å². The highest BCUT2D eigenvalue weighted by Crippen LogP contribution is 2.37. The van der Waals surface area contributed by atoms with Crippen LogP contribution in [0.2, 0.25) is 0 Å². The maximum atomic E-state index is 6.37. The molecule has 118 valence electrons. The third-order valence-corrected chi connectivity index (χ3v) is 5.17. The van der Waals surface area contributed by atoms with Gasteiger partial charge in [-0.15, -0.1) is 0 Å². The van der Waals surface area contributed by atoms with Crippen molar-refractivity contribution in [3.63, 3.8) is 0 Å². The molecule has 0 aromatic heterocycles. The molecule has 3 atom stereocenters. The molecule has 2 aromatic carbocycles. The molecule has 2 aliphatic heterocycles. The summed E-state index contributed by atoms with van der Waals surface area (Å²) in [4.78, 5) is 7.19. The van der Waals surface area contributed by atoms with Gasteiger partial charge in [0.25, 0.3) is 0 Å².